The summed E-state index contributed by atoms with van der Waals surface area (Å²) < 4.78 is 1.61. The van der Waals surface area contributed by atoms with E-state index in [0.29, 0.717) is 16.3 Å². The quantitative estimate of drug-likeness (QED) is 0.879. The highest BCUT2D eigenvalue weighted by Crippen LogP contribution is 2.17. The lowest BCUT2D eigenvalue weighted by Gasteiger charge is -2.17. The van der Waals surface area contributed by atoms with Crippen LogP contribution in [-0.2, 0) is 4.79 Å². The topological polar surface area (TPSA) is 84.2 Å². The summed E-state index contributed by atoms with van der Waals surface area (Å²) in [7, 11) is 0. The molecule has 0 fully saturated rings. The number of hydrogen-bond acceptors (Lipinski definition) is 3. The molecule has 1 aromatic heterocycles. The van der Waals surface area contributed by atoms with Crippen molar-refractivity contribution in [1.82, 2.24) is 15.1 Å². The van der Waals surface area contributed by atoms with Crippen LogP contribution in [0, 0.1) is 12.8 Å². The summed E-state index contributed by atoms with van der Waals surface area (Å²) in [6.07, 6.45) is 1.43. The second-order valence-corrected chi connectivity index (χ2v) is 6.00. The van der Waals surface area contributed by atoms with Gasteiger partial charge in [-0.2, -0.15) is 5.10 Å². The van der Waals surface area contributed by atoms with E-state index in [4.69, 9.17) is 16.7 Å². The van der Waals surface area contributed by atoms with Gasteiger partial charge in [0.2, 0.25) is 0 Å². The first kappa shape index (κ1) is 17.0. The zero-order valence-corrected chi connectivity index (χ0v) is 13.8. The van der Waals surface area contributed by atoms with Crippen LogP contribution in [0.5, 0.6) is 0 Å². The number of carbonyl (C=O) groups excluding carboxylic acids is 1. The van der Waals surface area contributed by atoms with Crippen molar-refractivity contribution < 1.29 is 14.7 Å². The van der Waals surface area contributed by atoms with Gasteiger partial charge in [-0.15, -0.1) is 0 Å². The third-order valence-electron chi connectivity index (χ3n) is 3.54. The first-order chi connectivity index (χ1) is 10.8. The Morgan fingerprint density at radius 1 is 1.26 bits per heavy atom. The van der Waals surface area contributed by atoms with Crippen molar-refractivity contribution in [3.63, 3.8) is 0 Å². The van der Waals surface area contributed by atoms with Gasteiger partial charge in [-0.1, -0.05) is 25.4 Å². The van der Waals surface area contributed by atoms with Gasteiger partial charge in [-0.05, 0) is 37.1 Å². The minimum Gasteiger partial charge on any atom is -0.480 e. The number of carboxylic acids is 1. The molecule has 1 atom stereocenters. The van der Waals surface area contributed by atoms with Crippen molar-refractivity contribution in [3.8, 4) is 5.69 Å². The third-order valence-corrected chi connectivity index (χ3v) is 3.80. The number of nitrogens with zero attached hydrogens (tertiary/aromatic N) is 2. The van der Waals surface area contributed by atoms with E-state index in [-0.39, 0.29) is 5.92 Å². The lowest BCUT2D eigenvalue weighted by atomic mass is 10.0. The van der Waals surface area contributed by atoms with Crippen molar-refractivity contribution in [3.05, 3.63) is 46.7 Å². The highest BCUT2D eigenvalue weighted by molar-refractivity contribution is 6.30. The minimum absolute atomic E-state index is 0.219. The average molecular weight is 336 g/mol. The highest BCUT2D eigenvalue weighted by atomic mass is 35.5. The van der Waals surface area contributed by atoms with Crippen LogP contribution in [0.2, 0.25) is 5.02 Å². The van der Waals surface area contributed by atoms with E-state index in [1.165, 1.54) is 6.20 Å². The zero-order chi connectivity index (χ0) is 17.1. The molecule has 6 nitrogen and oxygen atoms in total. The summed E-state index contributed by atoms with van der Waals surface area (Å²) in [6.45, 7) is 5.23. The summed E-state index contributed by atoms with van der Waals surface area (Å²) in [5, 5.41) is 16.5. The molecule has 0 aliphatic rings. The Hall–Kier alpha value is -2.34. The Labute approximate surface area is 139 Å². The van der Waals surface area contributed by atoms with E-state index in [1.807, 2.05) is 0 Å². The van der Waals surface area contributed by atoms with Crippen LogP contribution in [0.1, 0.15) is 29.9 Å². The van der Waals surface area contributed by atoms with Crippen LogP contribution in [0.4, 0.5) is 0 Å². The van der Waals surface area contributed by atoms with E-state index in [1.54, 1.807) is 49.7 Å². The number of hydrogen-bond donors (Lipinski definition) is 2. The third kappa shape index (κ3) is 3.71. The standard InChI is InChI=1S/C16H18ClN3O3/c1-9(2)14(16(22)23)19-15(21)13-8-18-20(10(13)3)12-6-4-11(17)5-7-12/h4-9,14H,1-3H3,(H,19,21)(H,22,23)/t14-/m0/s1. The van der Waals surface area contributed by atoms with E-state index < -0.39 is 17.9 Å². The van der Waals surface area contributed by atoms with Crippen molar-refractivity contribution in [2.75, 3.05) is 0 Å². The Bertz CT molecular complexity index is 723. The molecule has 0 aliphatic carbocycles. The van der Waals surface area contributed by atoms with Crippen molar-refractivity contribution in [2.45, 2.75) is 26.8 Å². The largest absolute Gasteiger partial charge is 0.480 e. The van der Waals surface area contributed by atoms with Gasteiger partial charge in [-0.3, -0.25) is 4.79 Å². The predicted octanol–water partition coefficient (Wildman–Crippen LogP) is 2.67. The molecule has 1 amide bonds. The van der Waals surface area contributed by atoms with Gasteiger partial charge in [0.25, 0.3) is 5.91 Å². The molecule has 0 bridgehead atoms. The fraction of sp³-hybridized carbons (Fsp3) is 0.312. The second kappa shape index (κ2) is 6.83. The fourth-order valence-electron chi connectivity index (χ4n) is 2.21. The monoisotopic (exact) mass is 335 g/mol. The number of aromatic nitrogens is 2. The molecular weight excluding hydrogens is 318 g/mol. The predicted molar refractivity (Wildman–Crippen MR) is 87.0 cm³/mol. The first-order valence-electron chi connectivity index (χ1n) is 7.15. The highest BCUT2D eigenvalue weighted by Gasteiger charge is 2.25. The van der Waals surface area contributed by atoms with E-state index in [9.17, 15) is 9.59 Å². The summed E-state index contributed by atoms with van der Waals surface area (Å²) in [4.78, 5) is 23.5. The lowest BCUT2D eigenvalue weighted by molar-refractivity contribution is -0.140. The van der Waals surface area contributed by atoms with Gasteiger partial charge in [0.15, 0.2) is 0 Å². The molecule has 0 aliphatic heterocycles. The van der Waals surface area contributed by atoms with Gasteiger partial charge in [0.05, 0.1) is 23.1 Å². The number of rotatable bonds is 5. The second-order valence-electron chi connectivity index (χ2n) is 5.57. The summed E-state index contributed by atoms with van der Waals surface area (Å²) in [5.41, 5.74) is 1.73. The maximum Gasteiger partial charge on any atom is 0.326 e. The van der Waals surface area contributed by atoms with Crippen molar-refractivity contribution >= 4 is 23.5 Å². The van der Waals surface area contributed by atoms with Gasteiger partial charge in [0, 0.05) is 5.02 Å². The number of aliphatic carboxylic acids is 1. The molecule has 2 rings (SSSR count). The van der Waals surface area contributed by atoms with Crippen LogP contribution in [0.15, 0.2) is 30.5 Å². The molecule has 0 spiro atoms. The van der Waals surface area contributed by atoms with Gasteiger partial charge < -0.3 is 10.4 Å². The zero-order valence-electron chi connectivity index (χ0n) is 13.1. The molecule has 0 unspecified atom stereocenters. The Morgan fingerprint density at radius 2 is 1.87 bits per heavy atom. The lowest BCUT2D eigenvalue weighted by Crippen LogP contribution is -2.44. The Kier molecular flexibility index (Phi) is 5.05. The van der Waals surface area contributed by atoms with E-state index >= 15 is 0 Å². The molecule has 23 heavy (non-hydrogen) atoms. The van der Waals surface area contributed by atoms with Crippen LogP contribution >= 0.6 is 11.6 Å². The van der Waals surface area contributed by atoms with Gasteiger partial charge in [-0.25, -0.2) is 9.48 Å². The summed E-state index contributed by atoms with van der Waals surface area (Å²) >= 11 is 5.86. The summed E-state index contributed by atoms with van der Waals surface area (Å²) in [6, 6.07) is 6.10. The molecule has 1 heterocycles. The number of halogens is 1. The Morgan fingerprint density at radius 3 is 2.39 bits per heavy atom. The fourth-order valence-corrected chi connectivity index (χ4v) is 2.33. The maximum absolute atomic E-state index is 12.3. The normalized spacial score (nSPS) is 12.2. The van der Waals surface area contributed by atoms with Gasteiger partial charge >= 0.3 is 5.97 Å². The molecule has 0 saturated heterocycles. The van der Waals surface area contributed by atoms with Crippen molar-refractivity contribution in [2.24, 2.45) is 5.92 Å². The smallest absolute Gasteiger partial charge is 0.326 e. The van der Waals surface area contributed by atoms with Crippen LogP contribution in [0.25, 0.3) is 5.69 Å². The number of carboxylic acid groups (broad SMARTS) is 1. The van der Waals surface area contributed by atoms with Crippen LogP contribution in [0.3, 0.4) is 0 Å². The van der Waals surface area contributed by atoms with Crippen LogP contribution < -0.4 is 5.32 Å². The van der Waals surface area contributed by atoms with E-state index in [0.717, 1.165) is 5.69 Å². The number of amides is 1. The summed E-state index contributed by atoms with van der Waals surface area (Å²) in [5.74, 6) is -1.73. The first-order valence-corrected chi connectivity index (χ1v) is 7.53. The SMILES string of the molecule is Cc1c(C(=O)N[C@H](C(=O)O)C(C)C)cnn1-c1ccc(Cl)cc1. The number of benzene rings is 1. The molecule has 7 heteroatoms. The Balaban J connectivity index is 2.26. The van der Waals surface area contributed by atoms with Crippen molar-refractivity contribution in [1.29, 1.82) is 0 Å². The average Bonchev–Trinajstić information content (AvgIpc) is 2.86. The minimum atomic E-state index is -1.06. The molecule has 0 saturated carbocycles. The molecule has 2 N–H and O–H groups in total. The maximum atomic E-state index is 12.3. The van der Waals surface area contributed by atoms with Crippen LogP contribution in [-0.4, -0.2) is 32.8 Å². The van der Waals surface area contributed by atoms with E-state index in [2.05, 4.69) is 10.4 Å². The molecule has 122 valence electrons. The van der Waals surface area contributed by atoms with Gasteiger partial charge in [0.1, 0.15) is 6.04 Å². The molecule has 2 aromatic rings. The molecule has 1 aromatic carbocycles. The molecular formula is C16H18ClN3O3. The number of nitrogens with one attached hydrogen (secondary N) is 1. The molecule has 0 radical (unpaired) electrons. The number of carbonyl (C=O) groups is 2.